The number of nitro benzene ring substituents is 1. The van der Waals surface area contributed by atoms with Gasteiger partial charge in [0.1, 0.15) is 10.7 Å². The van der Waals surface area contributed by atoms with Crippen molar-refractivity contribution in [1.29, 1.82) is 0 Å². The van der Waals surface area contributed by atoms with E-state index in [-0.39, 0.29) is 18.1 Å². The summed E-state index contributed by atoms with van der Waals surface area (Å²) in [7, 11) is 0. The third-order valence-corrected chi connectivity index (χ3v) is 3.40. The second-order valence-electron chi connectivity index (χ2n) is 3.94. The average Bonchev–Trinajstić information content (AvgIpc) is 2.94. The maximum absolute atomic E-state index is 11.8. The summed E-state index contributed by atoms with van der Waals surface area (Å²) < 4.78 is 0. The first-order chi connectivity index (χ1) is 9.60. The van der Waals surface area contributed by atoms with Gasteiger partial charge in [-0.05, 0) is 5.56 Å². The molecule has 0 bridgehead atoms. The van der Waals surface area contributed by atoms with E-state index < -0.39 is 4.92 Å². The van der Waals surface area contributed by atoms with E-state index in [0.717, 1.165) is 0 Å². The molecule has 20 heavy (non-hydrogen) atoms. The average molecular weight is 292 g/mol. The Labute approximate surface area is 118 Å². The van der Waals surface area contributed by atoms with Crippen molar-refractivity contribution >= 4 is 22.9 Å². The van der Waals surface area contributed by atoms with Crippen LogP contribution in [-0.2, 0) is 13.1 Å². The van der Waals surface area contributed by atoms with Crippen molar-refractivity contribution in [3.8, 4) is 0 Å². The second-order valence-corrected chi connectivity index (χ2v) is 4.88. The normalized spacial score (nSPS) is 10.2. The van der Waals surface area contributed by atoms with Gasteiger partial charge in [-0.2, -0.15) is 0 Å². The number of rotatable bonds is 5. The van der Waals surface area contributed by atoms with Gasteiger partial charge in [0.2, 0.25) is 0 Å². The number of thiazole rings is 1. The number of nitrogens with zero attached hydrogens (tertiary/aromatic N) is 2. The van der Waals surface area contributed by atoms with Crippen LogP contribution in [0.4, 0.5) is 5.69 Å². The molecule has 0 aliphatic heterocycles. The van der Waals surface area contributed by atoms with Crippen molar-refractivity contribution < 1.29 is 9.72 Å². The highest BCUT2D eigenvalue weighted by Crippen LogP contribution is 2.13. The standard InChI is InChI=1S/C12H12N4O3S/c13-5-11-15-10(7-20-11)12(17)14-6-8-2-1-3-9(4-8)16(18)19/h1-4,7H,5-6,13H2,(H,14,17). The van der Waals surface area contributed by atoms with Gasteiger partial charge in [-0.1, -0.05) is 12.1 Å². The van der Waals surface area contributed by atoms with E-state index in [9.17, 15) is 14.9 Å². The van der Waals surface area contributed by atoms with Gasteiger partial charge in [0.05, 0.1) is 4.92 Å². The number of non-ortho nitro benzene ring substituents is 1. The minimum atomic E-state index is -0.473. The molecule has 2 rings (SSSR count). The first-order valence-corrected chi connectivity index (χ1v) is 6.64. The van der Waals surface area contributed by atoms with Gasteiger partial charge in [0, 0.05) is 30.6 Å². The summed E-state index contributed by atoms with van der Waals surface area (Å²) in [6.45, 7) is 0.499. The van der Waals surface area contributed by atoms with E-state index in [1.807, 2.05) is 0 Å². The summed E-state index contributed by atoms with van der Waals surface area (Å²) in [5, 5.41) is 15.6. The third kappa shape index (κ3) is 3.37. The third-order valence-electron chi connectivity index (χ3n) is 2.53. The molecule has 0 spiro atoms. The number of carbonyl (C=O) groups is 1. The SMILES string of the molecule is NCc1nc(C(=O)NCc2cccc([N+](=O)[O-])c2)cs1. The fourth-order valence-corrected chi connectivity index (χ4v) is 2.22. The van der Waals surface area contributed by atoms with Crippen LogP contribution in [0.25, 0.3) is 0 Å². The molecule has 1 amide bonds. The van der Waals surface area contributed by atoms with E-state index in [1.165, 1.54) is 23.5 Å². The zero-order chi connectivity index (χ0) is 14.5. The highest BCUT2D eigenvalue weighted by Gasteiger charge is 2.11. The lowest BCUT2D eigenvalue weighted by atomic mass is 10.2. The predicted molar refractivity (Wildman–Crippen MR) is 74.3 cm³/mol. The minimum Gasteiger partial charge on any atom is -0.347 e. The Hall–Kier alpha value is -2.32. The lowest BCUT2D eigenvalue weighted by molar-refractivity contribution is -0.384. The van der Waals surface area contributed by atoms with Crippen LogP contribution in [0.3, 0.4) is 0 Å². The number of nitro groups is 1. The highest BCUT2D eigenvalue weighted by molar-refractivity contribution is 7.09. The molecular weight excluding hydrogens is 280 g/mol. The monoisotopic (exact) mass is 292 g/mol. The topological polar surface area (TPSA) is 111 Å². The van der Waals surface area contributed by atoms with Gasteiger partial charge >= 0.3 is 0 Å². The van der Waals surface area contributed by atoms with Crippen LogP contribution in [0.1, 0.15) is 21.1 Å². The molecule has 0 radical (unpaired) electrons. The maximum atomic E-state index is 11.8. The Morgan fingerprint density at radius 2 is 2.30 bits per heavy atom. The van der Waals surface area contributed by atoms with Crippen LogP contribution >= 0.6 is 11.3 Å². The first kappa shape index (κ1) is 14.1. The molecule has 3 N–H and O–H groups in total. The lowest BCUT2D eigenvalue weighted by Gasteiger charge is -2.03. The number of hydrogen-bond acceptors (Lipinski definition) is 6. The molecule has 1 heterocycles. The van der Waals surface area contributed by atoms with Gasteiger partial charge < -0.3 is 11.1 Å². The zero-order valence-corrected chi connectivity index (χ0v) is 11.2. The maximum Gasteiger partial charge on any atom is 0.271 e. The van der Waals surface area contributed by atoms with Crippen LogP contribution in [0.15, 0.2) is 29.6 Å². The molecule has 0 fully saturated rings. The van der Waals surface area contributed by atoms with Crippen molar-refractivity contribution in [2.75, 3.05) is 0 Å². The van der Waals surface area contributed by atoms with Crippen molar-refractivity contribution in [2.24, 2.45) is 5.73 Å². The summed E-state index contributed by atoms with van der Waals surface area (Å²) in [6, 6.07) is 6.11. The van der Waals surface area contributed by atoms with Crippen LogP contribution in [0, 0.1) is 10.1 Å². The second kappa shape index (κ2) is 6.22. The van der Waals surface area contributed by atoms with Crippen LogP contribution < -0.4 is 11.1 Å². The quantitative estimate of drug-likeness (QED) is 0.639. The number of hydrogen-bond donors (Lipinski definition) is 2. The Morgan fingerprint density at radius 3 is 2.95 bits per heavy atom. The predicted octanol–water partition coefficient (Wildman–Crippen LogP) is 1.44. The highest BCUT2D eigenvalue weighted by atomic mass is 32.1. The van der Waals surface area contributed by atoms with E-state index in [4.69, 9.17) is 5.73 Å². The molecule has 8 heteroatoms. The van der Waals surface area contributed by atoms with Crippen LogP contribution in [0.2, 0.25) is 0 Å². The van der Waals surface area contributed by atoms with E-state index >= 15 is 0 Å². The molecule has 7 nitrogen and oxygen atoms in total. The van der Waals surface area contributed by atoms with Gasteiger partial charge in [0.25, 0.3) is 11.6 Å². The molecule has 0 saturated heterocycles. The van der Waals surface area contributed by atoms with Crippen LogP contribution in [-0.4, -0.2) is 15.8 Å². The molecule has 2 aromatic rings. The molecule has 104 valence electrons. The first-order valence-electron chi connectivity index (χ1n) is 5.76. The minimum absolute atomic E-state index is 0.00387. The molecular formula is C12H12N4O3S. The van der Waals surface area contributed by atoms with Crippen molar-refractivity contribution in [3.63, 3.8) is 0 Å². The molecule has 1 aromatic heterocycles. The number of amides is 1. The molecule has 1 aromatic carbocycles. The van der Waals surface area contributed by atoms with Gasteiger partial charge in [-0.25, -0.2) is 4.98 Å². The Morgan fingerprint density at radius 1 is 1.50 bits per heavy atom. The van der Waals surface area contributed by atoms with Gasteiger partial charge in [-0.3, -0.25) is 14.9 Å². The molecule has 0 aliphatic rings. The van der Waals surface area contributed by atoms with Crippen molar-refractivity contribution in [2.45, 2.75) is 13.1 Å². The molecule has 0 saturated carbocycles. The number of benzene rings is 1. The van der Waals surface area contributed by atoms with E-state index in [0.29, 0.717) is 22.8 Å². The van der Waals surface area contributed by atoms with Crippen molar-refractivity contribution in [3.05, 3.63) is 56.0 Å². The van der Waals surface area contributed by atoms with Crippen molar-refractivity contribution in [1.82, 2.24) is 10.3 Å². The number of nitrogens with two attached hydrogens (primary N) is 1. The number of aromatic nitrogens is 1. The van der Waals surface area contributed by atoms with Gasteiger partial charge in [0.15, 0.2) is 0 Å². The molecule has 0 atom stereocenters. The Bertz CT molecular complexity index is 641. The summed E-state index contributed by atoms with van der Waals surface area (Å²) in [5.74, 6) is -0.326. The van der Waals surface area contributed by atoms with E-state index in [2.05, 4.69) is 10.3 Å². The molecule has 0 aliphatic carbocycles. The lowest BCUT2D eigenvalue weighted by Crippen LogP contribution is -2.23. The Kier molecular flexibility index (Phi) is 4.38. The smallest absolute Gasteiger partial charge is 0.271 e. The number of carbonyl (C=O) groups excluding carboxylic acids is 1. The summed E-state index contributed by atoms with van der Waals surface area (Å²) in [5.41, 5.74) is 6.38. The summed E-state index contributed by atoms with van der Waals surface area (Å²) >= 11 is 1.32. The molecule has 0 unspecified atom stereocenters. The summed E-state index contributed by atoms with van der Waals surface area (Å²) in [4.78, 5) is 26.1. The van der Waals surface area contributed by atoms with E-state index in [1.54, 1.807) is 17.5 Å². The largest absolute Gasteiger partial charge is 0.347 e. The van der Waals surface area contributed by atoms with Crippen LogP contribution in [0.5, 0.6) is 0 Å². The fourth-order valence-electron chi connectivity index (χ4n) is 1.56. The number of nitrogens with one attached hydrogen (secondary N) is 1. The fraction of sp³-hybridized carbons (Fsp3) is 0.167. The zero-order valence-electron chi connectivity index (χ0n) is 10.4. The Balaban J connectivity index is 1.99. The summed E-state index contributed by atoms with van der Waals surface area (Å²) in [6.07, 6.45) is 0. The van der Waals surface area contributed by atoms with Gasteiger partial charge in [-0.15, -0.1) is 11.3 Å².